The molecule has 0 aliphatic rings. The Labute approximate surface area is 84.9 Å². The molecule has 8 heteroatoms. The molecule has 1 rings (SSSR count). The van der Waals surface area contributed by atoms with Gasteiger partial charge in [-0.3, -0.25) is 10.7 Å². The number of nitrogens with one attached hydrogen (secondary N) is 1. The van der Waals surface area contributed by atoms with Crippen molar-refractivity contribution in [3.63, 3.8) is 0 Å². The average molecular weight is 238 g/mol. The SMILES string of the molecule is NS(=O)(=O)c1c(Cl)ccc(NO)c1[O-]. The Hall–Kier alpha value is -1.02. The fraction of sp³-hybridized carbons (Fsp3) is 0. The molecule has 0 aliphatic heterocycles. The lowest BCUT2D eigenvalue weighted by Crippen LogP contribution is -2.16. The number of halogens is 1. The van der Waals surface area contributed by atoms with E-state index in [1.54, 1.807) is 5.48 Å². The Balaban J connectivity index is 3.57. The van der Waals surface area contributed by atoms with Crippen LogP contribution in [0.4, 0.5) is 5.69 Å². The average Bonchev–Trinajstić information content (AvgIpc) is 2.02. The quantitative estimate of drug-likeness (QED) is 0.620. The molecule has 1 aromatic carbocycles. The molecule has 14 heavy (non-hydrogen) atoms. The van der Waals surface area contributed by atoms with Crippen LogP contribution < -0.4 is 15.7 Å². The zero-order valence-corrected chi connectivity index (χ0v) is 8.26. The van der Waals surface area contributed by atoms with Crippen LogP contribution in [0.25, 0.3) is 0 Å². The van der Waals surface area contributed by atoms with Gasteiger partial charge >= 0.3 is 0 Å². The first kappa shape index (κ1) is 11.1. The largest absolute Gasteiger partial charge is 0.870 e. The lowest BCUT2D eigenvalue weighted by Gasteiger charge is -2.17. The Bertz CT molecular complexity index is 459. The van der Waals surface area contributed by atoms with E-state index in [4.69, 9.17) is 21.9 Å². The van der Waals surface area contributed by atoms with E-state index in [1.165, 1.54) is 0 Å². The number of hydrogen-bond acceptors (Lipinski definition) is 5. The van der Waals surface area contributed by atoms with Crippen molar-refractivity contribution in [3.8, 4) is 5.75 Å². The topological polar surface area (TPSA) is 115 Å². The number of rotatable bonds is 2. The number of benzene rings is 1. The fourth-order valence-corrected chi connectivity index (χ4v) is 2.07. The highest BCUT2D eigenvalue weighted by Crippen LogP contribution is 2.33. The molecule has 0 atom stereocenters. The first-order valence-corrected chi connectivity index (χ1v) is 5.22. The smallest absolute Gasteiger partial charge is 0.238 e. The molecule has 0 spiro atoms. The van der Waals surface area contributed by atoms with Gasteiger partial charge in [0.05, 0.1) is 15.6 Å². The molecule has 1 aromatic rings. The van der Waals surface area contributed by atoms with Gasteiger partial charge in [-0.05, 0) is 12.1 Å². The number of primary sulfonamides is 1. The lowest BCUT2D eigenvalue weighted by atomic mass is 10.3. The molecule has 0 aliphatic carbocycles. The molecule has 0 saturated heterocycles. The third-order valence-corrected chi connectivity index (χ3v) is 2.87. The van der Waals surface area contributed by atoms with E-state index in [0.29, 0.717) is 0 Å². The van der Waals surface area contributed by atoms with Crippen molar-refractivity contribution in [1.29, 1.82) is 0 Å². The monoisotopic (exact) mass is 237 g/mol. The van der Waals surface area contributed by atoms with Gasteiger partial charge in [0, 0.05) is 0 Å². The van der Waals surface area contributed by atoms with Crippen LogP contribution >= 0.6 is 11.6 Å². The van der Waals surface area contributed by atoms with E-state index in [-0.39, 0.29) is 10.7 Å². The Morgan fingerprint density at radius 3 is 2.50 bits per heavy atom. The van der Waals surface area contributed by atoms with Crippen molar-refractivity contribution >= 4 is 27.3 Å². The highest BCUT2D eigenvalue weighted by molar-refractivity contribution is 7.89. The van der Waals surface area contributed by atoms with Gasteiger partial charge in [0.25, 0.3) is 0 Å². The van der Waals surface area contributed by atoms with E-state index in [1.807, 2.05) is 0 Å². The fourth-order valence-electron chi connectivity index (χ4n) is 0.892. The second kappa shape index (κ2) is 3.62. The molecule has 4 N–H and O–H groups in total. The summed E-state index contributed by atoms with van der Waals surface area (Å²) in [5, 5.41) is 24.3. The standard InChI is InChI=1S/C6H7ClN2O4S/c7-3-1-2-4(9-11)5(10)6(3)14(8,12)13/h1-2,9-11H,(H2,8,12,13)/p-1. The minimum absolute atomic E-state index is 0.281. The molecule has 0 bridgehead atoms. The van der Waals surface area contributed by atoms with Gasteiger partial charge < -0.3 is 5.11 Å². The van der Waals surface area contributed by atoms with E-state index in [0.717, 1.165) is 12.1 Å². The zero-order chi connectivity index (χ0) is 10.9. The summed E-state index contributed by atoms with van der Waals surface area (Å²) in [6.45, 7) is 0. The van der Waals surface area contributed by atoms with Crippen LogP contribution in [-0.2, 0) is 10.0 Å². The molecule has 0 heterocycles. The van der Waals surface area contributed by atoms with Crippen LogP contribution in [0.3, 0.4) is 0 Å². The summed E-state index contributed by atoms with van der Waals surface area (Å²) in [7, 11) is -4.19. The summed E-state index contributed by atoms with van der Waals surface area (Å²) in [4.78, 5) is -0.738. The highest BCUT2D eigenvalue weighted by atomic mass is 35.5. The van der Waals surface area contributed by atoms with Gasteiger partial charge in [0.2, 0.25) is 10.0 Å². The van der Waals surface area contributed by atoms with E-state index >= 15 is 0 Å². The van der Waals surface area contributed by atoms with Crippen LogP contribution in [0.15, 0.2) is 17.0 Å². The van der Waals surface area contributed by atoms with Gasteiger partial charge in [-0.25, -0.2) is 13.6 Å². The van der Waals surface area contributed by atoms with Gasteiger partial charge in [-0.1, -0.05) is 17.4 Å². The second-order valence-electron chi connectivity index (χ2n) is 2.41. The van der Waals surface area contributed by atoms with Crippen molar-refractivity contribution in [2.75, 3.05) is 5.48 Å². The van der Waals surface area contributed by atoms with Crippen LogP contribution in [0.1, 0.15) is 0 Å². The maximum atomic E-state index is 11.3. The molecular formula is C6H6ClN2O4S-. The third kappa shape index (κ3) is 1.90. The number of hydrogen-bond donors (Lipinski definition) is 3. The van der Waals surface area contributed by atoms with Crippen molar-refractivity contribution in [2.45, 2.75) is 4.90 Å². The summed E-state index contributed by atoms with van der Waals surface area (Å²) >= 11 is 5.47. The van der Waals surface area contributed by atoms with Gasteiger partial charge in [-0.2, -0.15) is 0 Å². The summed E-state index contributed by atoms with van der Waals surface area (Å²) in [5.41, 5.74) is 1.24. The molecule has 0 unspecified atom stereocenters. The maximum absolute atomic E-state index is 11.3. The van der Waals surface area contributed by atoms with Crippen LogP contribution in [0.5, 0.6) is 5.75 Å². The van der Waals surface area contributed by atoms with Crippen LogP contribution in [0.2, 0.25) is 5.02 Å². The van der Waals surface area contributed by atoms with Gasteiger partial charge in [-0.15, -0.1) is 0 Å². The lowest BCUT2D eigenvalue weighted by molar-refractivity contribution is -0.271. The zero-order valence-electron chi connectivity index (χ0n) is 6.69. The third-order valence-electron chi connectivity index (χ3n) is 1.47. The summed E-state index contributed by atoms with van der Waals surface area (Å²) < 4.78 is 21.9. The molecule has 78 valence electrons. The molecule has 6 nitrogen and oxygen atoms in total. The Morgan fingerprint density at radius 1 is 1.50 bits per heavy atom. The van der Waals surface area contributed by atoms with E-state index in [2.05, 4.69) is 0 Å². The summed E-state index contributed by atoms with van der Waals surface area (Å²) in [6, 6.07) is 2.28. The van der Waals surface area contributed by atoms with E-state index < -0.39 is 20.7 Å². The number of sulfonamides is 1. The normalized spacial score (nSPS) is 11.4. The predicted octanol–water partition coefficient (Wildman–Crippen LogP) is -0.138. The number of nitrogens with two attached hydrogens (primary N) is 1. The van der Waals surface area contributed by atoms with Crippen molar-refractivity contribution in [1.82, 2.24) is 0 Å². The predicted molar refractivity (Wildman–Crippen MR) is 47.7 cm³/mol. The molecule has 0 amide bonds. The highest BCUT2D eigenvalue weighted by Gasteiger charge is 2.15. The molecule has 0 saturated carbocycles. The van der Waals surface area contributed by atoms with Gasteiger partial charge in [0.15, 0.2) is 0 Å². The first-order valence-electron chi connectivity index (χ1n) is 3.30. The maximum Gasteiger partial charge on any atom is 0.238 e. The van der Waals surface area contributed by atoms with E-state index in [9.17, 15) is 13.5 Å². The van der Waals surface area contributed by atoms with Gasteiger partial charge in [0.1, 0.15) is 0 Å². The van der Waals surface area contributed by atoms with Crippen molar-refractivity contribution in [3.05, 3.63) is 17.2 Å². The molecule has 0 fully saturated rings. The van der Waals surface area contributed by atoms with Crippen LogP contribution in [-0.4, -0.2) is 13.6 Å². The second-order valence-corrected chi connectivity index (χ2v) is 4.32. The van der Waals surface area contributed by atoms with Crippen molar-refractivity contribution < 1.29 is 18.7 Å². The summed E-state index contributed by atoms with van der Waals surface area (Å²) in [6.07, 6.45) is 0. The Morgan fingerprint density at radius 2 is 2.07 bits per heavy atom. The summed E-state index contributed by atoms with van der Waals surface area (Å²) in [5.74, 6) is -0.970. The minimum atomic E-state index is -4.19. The molecular weight excluding hydrogens is 232 g/mol. The molecule has 0 radical (unpaired) electrons. The number of anilines is 1. The van der Waals surface area contributed by atoms with Crippen LogP contribution in [0, 0.1) is 0 Å². The first-order chi connectivity index (χ1) is 6.38. The van der Waals surface area contributed by atoms with Crippen molar-refractivity contribution in [2.24, 2.45) is 5.14 Å². The minimum Gasteiger partial charge on any atom is -0.870 e. The molecule has 0 aromatic heterocycles. The Kier molecular flexibility index (Phi) is 2.86.